The van der Waals surface area contributed by atoms with Gasteiger partial charge in [-0.15, -0.1) is 5.73 Å². The summed E-state index contributed by atoms with van der Waals surface area (Å²) >= 11 is 0. The molecule has 44 valence electrons. The van der Waals surface area contributed by atoms with Crippen molar-refractivity contribution in [3.63, 3.8) is 0 Å². The Balaban J connectivity index is 3.46. The van der Waals surface area contributed by atoms with Crippen molar-refractivity contribution in [2.24, 2.45) is 11.1 Å². The lowest BCUT2D eigenvalue weighted by Crippen LogP contribution is -1.91. The van der Waals surface area contributed by atoms with Gasteiger partial charge in [-0.25, -0.2) is 0 Å². The second-order valence-corrected chi connectivity index (χ2v) is 1.66. The standard InChI is InChI=1S/C6H9NO/c1-3-4-6(2)5-7-8/h4,6H,1,5H2,2H3/t6-/m0/s1. The van der Waals surface area contributed by atoms with Gasteiger partial charge < -0.3 is 0 Å². The number of hydrogen-bond donors (Lipinski definition) is 0. The van der Waals surface area contributed by atoms with Gasteiger partial charge in [-0.3, -0.25) is 0 Å². The fraction of sp³-hybridized carbons (Fsp3) is 0.500. The largest absolute Gasteiger partial charge is 0.151 e. The van der Waals surface area contributed by atoms with Crippen molar-refractivity contribution in [2.45, 2.75) is 6.92 Å². The van der Waals surface area contributed by atoms with E-state index < -0.39 is 0 Å². The van der Waals surface area contributed by atoms with Crippen LogP contribution in [0.1, 0.15) is 6.92 Å². The first-order chi connectivity index (χ1) is 3.81. The number of rotatable bonds is 3. The lowest BCUT2D eigenvalue weighted by Gasteiger charge is -1.91. The molecule has 0 rings (SSSR count). The third-order valence-corrected chi connectivity index (χ3v) is 0.765. The van der Waals surface area contributed by atoms with Crippen LogP contribution in [0.3, 0.4) is 0 Å². The van der Waals surface area contributed by atoms with Gasteiger partial charge in [0.25, 0.3) is 0 Å². The lowest BCUT2D eigenvalue weighted by molar-refractivity contribution is 0.739. The first-order valence-electron chi connectivity index (χ1n) is 2.46. The molecule has 2 nitrogen and oxygen atoms in total. The van der Waals surface area contributed by atoms with Gasteiger partial charge in [0.2, 0.25) is 0 Å². The second-order valence-electron chi connectivity index (χ2n) is 1.66. The molecule has 0 bridgehead atoms. The summed E-state index contributed by atoms with van der Waals surface area (Å²) in [6, 6.07) is 0. The van der Waals surface area contributed by atoms with Crippen molar-refractivity contribution < 1.29 is 0 Å². The highest BCUT2D eigenvalue weighted by atomic mass is 16.3. The van der Waals surface area contributed by atoms with Crippen LogP contribution in [-0.2, 0) is 0 Å². The summed E-state index contributed by atoms with van der Waals surface area (Å²) in [6.45, 7) is 5.57. The first kappa shape index (κ1) is 7.12. The van der Waals surface area contributed by atoms with E-state index >= 15 is 0 Å². The highest BCUT2D eigenvalue weighted by Gasteiger charge is 1.91. The van der Waals surface area contributed by atoms with Crippen molar-refractivity contribution >= 4 is 0 Å². The molecule has 0 unspecified atom stereocenters. The number of nitrogens with zero attached hydrogens (tertiary/aromatic N) is 1. The van der Waals surface area contributed by atoms with Crippen molar-refractivity contribution in [2.75, 3.05) is 6.54 Å². The van der Waals surface area contributed by atoms with Crippen molar-refractivity contribution in [1.82, 2.24) is 0 Å². The monoisotopic (exact) mass is 111 g/mol. The van der Waals surface area contributed by atoms with E-state index in [0.717, 1.165) is 0 Å². The highest BCUT2D eigenvalue weighted by Crippen LogP contribution is 1.94. The fourth-order valence-corrected chi connectivity index (χ4v) is 0.371. The molecule has 0 fully saturated rings. The Morgan fingerprint density at radius 2 is 2.62 bits per heavy atom. The number of hydrogen-bond acceptors (Lipinski definition) is 2. The van der Waals surface area contributed by atoms with Gasteiger partial charge in [0, 0.05) is 5.92 Å². The molecule has 0 aromatic carbocycles. The van der Waals surface area contributed by atoms with E-state index in [1.165, 1.54) is 0 Å². The minimum atomic E-state index is 0.185. The maximum atomic E-state index is 9.57. The maximum Gasteiger partial charge on any atom is 0.0877 e. The second kappa shape index (κ2) is 4.28. The third kappa shape index (κ3) is 3.32. The summed E-state index contributed by atoms with van der Waals surface area (Å²) < 4.78 is 0. The zero-order chi connectivity index (χ0) is 6.41. The normalized spacial score (nSPS) is 11.6. The van der Waals surface area contributed by atoms with Crippen molar-refractivity contribution in [1.29, 1.82) is 0 Å². The van der Waals surface area contributed by atoms with E-state index in [4.69, 9.17) is 0 Å². The van der Waals surface area contributed by atoms with E-state index in [0.29, 0.717) is 6.54 Å². The summed E-state index contributed by atoms with van der Waals surface area (Å²) in [4.78, 5) is 9.57. The van der Waals surface area contributed by atoms with Crippen LogP contribution < -0.4 is 0 Å². The molecule has 0 aliphatic rings. The smallest absolute Gasteiger partial charge is 0.0877 e. The molecule has 0 spiro atoms. The molecule has 0 aliphatic carbocycles. The van der Waals surface area contributed by atoms with Crippen LogP contribution in [0.5, 0.6) is 0 Å². The lowest BCUT2D eigenvalue weighted by atomic mass is 10.2. The van der Waals surface area contributed by atoms with Gasteiger partial charge >= 0.3 is 0 Å². The zero-order valence-corrected chi connectivity index (χ0v) is 4.92. The molecular formula is C6H9NO. The topological polar surface area (TPSA) is 29.4 Å². The molecule has 2 heteroatoms. The molecule has 0 aromatic heterocycles. The van der Waals surface area contributed by atoms with Crippen LogP contribution in [0.2, 0.25) is 0 Å². The van der Waals surface area contributed by atoms with Crippen LogP contribution in [0.25, 0.3) is 0 Å². The van der Waals surface area contributed by atoms with E-state index in [2.05, 4.69) is 17.5 Å². The molecule has 0 amide bonds. The predicted molar refractivity (Wildman–Crippen MR) is 33.5 cm³/mol. The van der Waals surface area contributed by atoms with Gasteiger partial charge in [0.15, 0.2) is 0 Å². The highest BCUT2D eigenvalue weighted by molar-refractivity contribution is 4.82. The van der Waals surface area contributed by atoms with Crippen LogP contribution in [0, 0.1) is 10.8 Å². The summed E-state index contributed by atoms with van der Waals surface area (Å²) in [5.74, 6) is 0.185. The van der Waals surface area contributed by atoms with Crippen LogP contribution in [0.4, 0.5) is 0 Å². The Bertz CT molecular complexity index is 114. The van der Waals surface area contributed by atoms with Crippen molar-refractivity contribution in [3.05, 3.63) is 23.3 Å². The molecular weight excluding hydrogens is 102 g/mol. The minimum Gasteiger partial charge on any atom is -0.151 e. The van der Waals surface area contributed by atoms with Crippen LogP contribution in [-0.4, -0.2) is 6.54 Å². The van der Waals surface area contributed by atoms with Crippen molar-refractivity contribution in [3.8, 4) is 0 Å². The van der Waals surface area contributed by atoms with E-state index in [9.17, 15) is 4.91 Å². The Labute approximate surface area is 48.9 Å². The molecule has 0 aromatic rings. The Kier molecular flexibility index (Phi) is 3.81. The van der Waals surface area contributed by atoms with Crippen LogP contribution in [0.15, 0.2) is 23.6 Å². The van der Waals surface area contributed by atoms with E-state index in [1.54, 1.807) is 6.08 Å². The summed E-state index contributed by atoms with van der Waals surface area (Å²) in [7, 11) is 0. The molecule has 0 radical (unpaired) electrons. The fourth-order valence-electron chi connectivity index (χ4n) is 0.371. The molecule has 0 aliphatic heterocycles. The van der Waals surface area contributed by atoms with E-state index in [1.807, 2.05) is 6.92 Å². The Morgan fingerprint density at radius 3 is 3.00 bits per heavy atom. The predicted octanol–water partition coefficient (Wildman–Crippen LogP) is 1.73. The van der Waals surface area contributed by atoms with Gasteiger partial charge in [-0.05, 0) is 6.08 Å². The molecule has 8 heavy (non-hydrogen) atoms. The first-order valence-corrected chi connectivity index (χ1v) is 2.46. The Morgan fingerprint density at radius 1 is 2.00 bits per heavy atom. The summed E-state index contributed by atoms with van der Waals surface area (Å²) in [5, 5.41) is 2.71. The summed E-state index contributed by atoms with van der Waals surface area (Å²) in [6.07, 6.45) is 1.72. The molecule has 1 atom stereocenters. The van der Waals surface area contributed by atoms with Gasteiger partial charge in [-0.2, -0.15) is 4.91 Å². The zero-order valence-electron chi connectivity index (χ0n) is 4.92. The van der Waals surface area contributed by atoms with Gasteiger partial charge in [0.1, 0.15) is 0 Å². The Hall–Kier alpha value is -0.880. The van der Waals surface area contributed by atoms with Crippen LogP contribution >= 0.6 is 0 Å². The summed E-state index contributed by atoms with van der Waals surface area (Å²) in [5.41, 5.74) is 2.58. The number of nitroso groups, excluding NO2 is 1. The molecule has 0 saturated heterocycles. The average Bonchev–Trinajstić information content (AvgIpc) is 1.68. The third-order valence-electron chi connectivity index (χ3n) is 0.765. The molecule has 0 N–H and O–H groups in total. The van der Waals surface area contributed by atoms with E-state index in [-0.39, 0.29) is 5.92 Å². The molecule has 0 saturated carbocycles. The quantitative estimate of drug-likeness (QED) is 0.403. The van der Waals surface area contributed by atoms with Gasteiger partial charge in [-0.1, -0.05) is 18.7 Å². The average molecular weight is 111 g/mol. The minimum absolute atomic E-state index is 0.185. The SMILES string of the molecule is C=C=C[C@H](C)CN=O. The molecule has 0 heterocycles. The van der Waals surface area contributed by atoms with Gasteiger partial charge in [0.05, 0.1) is 6.54 Å². The maximum absolute atomic E-state index is 9.57.